The Hall–Kier alpha value is -1.52. The van der Waals surface area contributed by atoms with Crippen molar-refractivity contribution in [3.8, 4) is 5.75 Å². The van der Waals surface area contributed by atoms with Crippen LogP contribution in [0.25, 0.3) is 0 Å². The van der Waals surface area contributed by atoms with Crippen LogP contribution in [-0.4, -0.2) is 49.6 Å². The van der Waals surface area contributed by atoms with Crippen LogP contribution in [0.1, 0.15) is 13.3 Å². The van der Waals surface area contributed by atoms with Gasteiger partial charge < -0.3 is 15.2 Å². The molecule has 11 heteroatoms. The molecule has 1 fully saturated rings. The maximum absolute atomic E-state index is 12.6. The van der Waals surface area contributed by atoms with Crippen LogP contribution in [0.5, 0.6) is 5.75 Å². The number of hydrogen-bond acceptors (Lipinski definition) is 5. The van der Waals surface area contributed by atoms with E-state index in [0.29, 0.717) is 0 Å². The van der Waals surface area contributed by atoms with Crippen LogP contribution in [0.2, 0.25) is 5.02 Å². The van der Waals surface area contributed by atoms with Gasteiger partial charge in [-0.15, -0.1) is 0 Å². The van der Waals surface area contributed by atoms with Gasteiger partial charge in [-0.05, 0) is 25.5 Å². The molecule has 1 aromatic rings. The number of carboxylic acids is 1. The molecule has 1 aromatic carbocycles. The van der Waals surface area contributed by atoms with E-state index in [1.807, 2.05) is 0 Å². The van der Waals surface area contributed by atoms with Gasteiger partial charge in [0.05, 0.1) is 15.2 Å². The number of aliphatic carboxylic acids is 1. The van der Waals surface area contributed by atoms with E-state index in [4.69, 9.17) is 21.4 Å². The Bertz CT molecular complexity index is 768. The van der Waals surface area contributed by atoms with Crippen LogP contribution in [-0.2, 0) is 14.6 Å². The van der Waals surface area contributed by atoms with E-state index in [1.54, 1.807) is 0 Å². The van der Waals surface area contributed by atoms with Gasteiger partial charge in [0.15, 0.2) is 15.9 Å². The van der Waals surface area contributed by atoms with E-state index in [9.17, 15) is 26.4 Å². The fraction of sp³-hybridized carbons (Fsp3) is 0.500. The van der Waals surface area contributed by atoms with Crippen molar-refractivity contribution in [2.75, 3.05) is 6.54 Å². The summed E-state index contributed by atoms with van der Waals surface area (Å²) in [6, 6.07) is 2.16. The zero-order valence-corrected chi connectivity index (χ0v) is 14.5. The quantitative estimate of drug-likeness (QED) is 0.786. The fourth-order valence-corrected chi connectivity index (χ4v) is 4.57. The minimum Gasteiger partial charge on any atom is -0.481 e. The second-order valence-corrected chi connectivity index (χ2v) is 8.20. The number of ether oxygens (including phenoxy) is 1. The molecular formula is C14H15ClF3NO5S. The van der Waals surface area contributed by atoms with Crippen molar-refractivity contribution in [2.24, 2.45) is 0 Å². The number of hydrogen-bond donors (Lipinski definition) is 2. The standard InChI is InChI=1S/C14H15ClF3NO5S/c1-7(14(16,17)18)24-8-2-3-12(10(15)4-8)25(22,23)9-5-11(13(20)21)19-6-9/h2-4,7,9,11,19H,5-6H2,1H3,(H,20,21)/t7?,9-,11+/m1/s1. The molecular weight excluding hydrogens is 387 g/mol. The lowest BCUT2D eigenvalue weighted by atomic mass is 10.2. The lowest BCUT2D eigenvalue weighted by Gasteiger charge is -2.18. The van der Waals surface area contributed by atoms with E-state index in [-0.39, 0.29) is 28.6 Å². The number of sulfone groups is 1. The van der Waals surface area contributed by atoms with Crippen LogP contribution < -0.4 is 10.1 Å². The minimum atomic E-state index is -4.57. The Kier molecular flexibility index (Phi) is 5.55. The molecule has 0 saturated carbocycles. The summed E-state index contributed by atoms with van der Waals surface area (Å²) in [6.45, 7) is 0.758. The largest absolute Gasteiger partial charge is 0.481 e. The summed E-state index contributed by atoms with van der Waals surface area (Å²) in [7, 11) is -3.94. The molecule has 140 valence electrons. The Labute approximate surface area is 146 Å². The second kappa shape index (κ2) is 7.00. The second-order valence-electron chi connectivity index (χ2n) is 5.60. The van der Waals surface area contributed by atoms with Gasteiger partial charge in [0.25, 0.3) is 0 Å². The van der Waals surface area contributed by atoms with Gasteiger partial charge in [-0.2, -0.15) is 13.2 Å². The van der Waals surface area contributed by atoms with E-state index in [2.05, 4.69) is 5.32 Å². The van der Waals surface area contributed by atoms with Crippen LogP contribution in [0.15, 0.2) is 23.1 Å². The van der Waals surface area contributed by atoms with Crippen LogP contribution >= 0.6 is 11.6 Å². The Balaban J connectivity index is 2.21. The number of benzene rings is 1. The predicted molar refractivity (Wildman–Crippen MR) is 82.6 cm³/mol. The molecule has 3 atom stereocenters. The van der Waals surface area contributed by atoms with E-state index < -0.39 is 39.4 Å². The normalized spacial score (nSPS) is 22.6. The fourth-order valence-electron chi connectivity index (χ4n) is 2.36. The molecule has 1 aliphatic rings. The third-order valence-electron chi connectivity index (χ3n) is 3.81. The van der Waals surface area contributed by atoms with Crippen LogP contribution in [0, 0.1) is 0 Å². The minimum absolute atomic E-state index is 0.0566. The maximum atomic E-state index is 12.6. The lowest BCUT2D eigenvalue weighted by Crippen LogP contribution is -2.31. The van der Waals surface area contributed by atoms with Crippen molar-refractivity contribution in [1.29, 1.82) is 0 Å². The molecule has 0 spiro atoms. The highest BCUT2D eigenvalue weighted by atomic mass is 35.5. The first-order valence-corrected chi connectivity index (χ1v) is 9.08. The highest BCUT2D eigenvalue weighted by Crippen LogP contribution is 2.33. The molecule has 0 aromatic heterocycles. The molecule has 0 aliphatic carbocycles. The van der Waals surface area contributed by atoms with Gasteiger partial charge in [-0.1, -0.05) is 11.6 Å². The molecule has 6 nitrogen and oxygen atoms in total. The average molecular weight is 402 g/mol. The van der Waals surface area contributed by atoms with Crippen molar-refractivity contribution < 1.29 is 36.2 Å². The van der Waals surface area contributed by atoms with Crippen molar-refractivity contribution in [3.63, 3.8) is 0 Å². The first-order valence-electron chi connectivity index (χ1n) is 7.16. The van der Waals surface area contributed by atoms with Gasteiger partial charge in [0.2, 0.25) is 0 Å². The first kappa shape index (κ1) is 19.8. The summed E-state index contributed by atoms with van der Waals surface area (Å²) in [6.07, 6.45) is -6.78. The topological polar surface area (TPSA) is 92.7 Å². The van der Waals surface area contributed by atoms with Crippen LogP contribution in [0.4, 0.5) is 13.2 Å². The van der Waals surface area contributed by atoms with E-state index in [1.165, 1.54) is 0 Å². The first-order chi connectivity index (χ1) is 11.4. The summed E-state index contributed by atoms with van der Waals surface area (Å²) < 4.78 is 67.4. The van der Waals surface area contributed by atoms with Gasteiger partial charge >= 0.3 is 12.1 Å². The summed E-state index contributed by atoms with van der Waals surface area (Å²) >= 11 is 5.91. The summed E-state index contributed by atoms with van der Waals surface area (Å²) in [4.78, 5) is 10.6. The zero-order valence-electron chi connectivity index (χ0n) is 12.9. The molecule has 0 bridgehead atoms. The number of carboxylic acid groups (broad SMARTS) is 1. The van der Waals surface area contributed by atoms with Gasteiger partial charge in [-0.25, -0.2) is 8.42 Å². The predicted octanol–water partition coefficient (Wildman–Crippen LogP) is 2.26. The Morgan fingerprint density at radius 2 is 2.08 bits per heavy atom. The SMILES string of the molecule is CC(Oc1ccc(S(=O)(=O)[C@H]2CN[C@H](C(=O)O)C2)c(Cl)c1)C(F)(F)F. The Morgan fingerprint density at radius 1 is 1.44 bits per heavy atom. The van der Waals surface area contributed by atoms with E-state index in [0.717, 1.165) is 25.1 Å². The highest BCUT2D eigenvalue weighted by Gasteiger charge is 2.40. The number of rotatable bonds is 5. The van der Waals surface area contributed by atoms with Gasteiger partial charge in [0.1, 0.15) is 11.8 Å². The third kappa shape index (κ3) is 4.36. The molecule has 2 N–H and O–H groups in total. The highest BCUT2D eigenvalue weighted by molar-refractivity contribution is 7.92. The molecule has 1 saturated heterocycles. The number of nitrogens with one attached hydrogen (secondary N) is 1. The van der Waals surface area contributed by atoms with E-state index >= 15 is 0 Å². The van der Waals surface area contributed by atoms with Crippen molar-refractivity contribution in [1.82, 2.24) is 5.32 Å². The maximum Gasteiger partial charge on any atom is 0.425 e. The summed E-state index contributed by atoms with van der Waals surface area (Å²) in [5.74, 6) is -1.38. The lowest BCUT2D eigenvalue weighted by molar-refractivity contribution is -0.189. The molecule has 1 heterocycles. The molecule has 0 radical (unpaired) electrons. The smallest absolute Gasteiger partial charge is 0.425 e. The monoisotopic (exact) mass is 401 g/mol. The number of halogens is 4. The van der Waals surface area contributed by atoms with Crippen LogP contribution in [0.3, 0.4) is 0 Å². The summed E-state index contributed by atoms with van der Waals surface area (Å²) in [5, 5.41) is 10.2. The Morgan fingerprint density at radius 3 is 2.56 bits per heavy atom. The van der Waals surface area contributed by atoms with Crippen molar-refractivity contribution >= 4 is 27.4 Å². The van der Waals surface area contributed by atoms with Crippen molar-refractivity contribution in [2.45, 2.75) is 41.8 Å². The average Bonchev–Trinajstić information content (AvgIpc) is 2.96. The zero-order chi connectivity index (χ0) is 19.0. The molecule has 1 unspecified atom stereocenters. The molecule has 1 aliphatic heterocycles. The van der Waals surface area contributed by atoms with Gasteiger partial charge in [0, 0.05) is 12.6 Å². The summed E-state index contributed by atoms with van der Waals surface area (Å²) in [5.41, 5.74) is 0. The third-order valence-corrected chi connectivity index (χ3v) is 6.44. The van der Waals surface area contributed by atoms with Crippen molar-refractivity contribution in [3.05, 3.63) is 23.2 Å². The van der Waals surface area contributed by atoms with Gasteiger partial charge in [-0.3, -0.25) is 4.79 Å². The number of alkyl halides is 3. The number of carbonyl (C=O) groups is 1. The molecule has 25 heavy (non-hydrogen) atoms. The molecule has 0 amide bonds. The molecule has 2 rings (SSSR count).